The molecule has 1 aromatic carbocycles. The van der Waals surface area contributed by atoms with Gasteiger partial charge in [0, 0.05) is 11.8 Å². The minimum atomic E-state index is -1.17. The molecule has 5 nitrogen and oxygen atoms in total. The Morgan fingerprint density at radius 3 is 2.85 bits per heavy atom. The Hall–Kier alpha value is -0.860. The summed E-state index contributed by atoms with van der Waals surface area (Å²) in [6.45, 7) is 1.95. The molecule has 0 spiro atoms. The van der Waals surface area contributed by atoms with Crippen LogP contribution >= 0.6 is 23.1 Å². The molecule has 2 heterocycles. The molecule has 1 aliphatic rings. The van der Waals surface area contributed by atoms with Gasteiger partial charge in [-0.15, -0.1) is 23.1 Å². The quantitative estimate of drug-likeness (QED) is 0.771. The summed E-state index contributed by atoms with van der Waals surface area (Å²) in [5, 5.41) is 30.1. The number of hydrogen-bond acceptors (Lipinski definition) is 7. The number of aliphatic hydroxyl groups is 3. The molecule has 108 valence electrons. The van der Waals surface area contributed by atoms with E-state index in [9.17, 15) is 15.3 Å². The molecule has 0 radical (unpaired) electrons. The van der Waals surface area contributed by atoms with Crippen molar-refractivity contribution in [3.63, 3.8) is 0 Å². The van der Waals surface area contributed by atoms with Gasteiger partial charge in [-0.1, -0.05) is 0 Å². The fraction of sp³-hybridized carbons (Fsp3) is 0.462. The minimum absolute atomic E-state index is 0.334. The van der Waals surface area contributed by atoms with Crippen molar-refractivity contribution in [1.82, 2.24) is 4.98 Å². The van der Waals surface area contributed by atoms with Crippen LogP contribution in [0.2, 0.25) is 0 Å². The predicted octanol–water partition coefficient (Wildman–Crippen LogP) is 1.14. The molecule has 3 N–H and O–H groups in total. The summed E-state index contributed by atoms with van der Waals surface area (Å²) in [6.07, 6.45) is -3.21. The first kappa shape index (κ1) is 14.1. The van der Waals surface area contributed by atoms with Crippen molar-refractivity contribution < 1.29 is 20.1 Å². The number of ether oxygens (including phenoxy) is 1. The number of thiazole rings is 1. The third-order valence-corrected chi connectivity index (χ3v) is 5.36. The lowest BCUT2D eigenvalue weighted by molar-refractivity contribution is -0.0785. The van der Waals surface area contributed by atoms with Crippen molar-refractivity contribution in [2.24, 2.45) is 0 Å². The van der Waals surface area contributed by atoms with Crippen molar-refractivity contribution in [3.05, 3.63) is 23.2 Å². The van der Waals surface area contributed by atoms with E-state index in [1.807, 2.05) is 25.1 Å². The highest BCUT2D eigenvalue weighted by molar-refractivity contribution is 7.99. The minimum Gasteiger partial charge on any atom is -0.477 e. The second-order valence-electron chi connectivity index (χ2n) is 4.73. The summed E-state index contributed by atoms with van der Waals surface area (Å²) in [4.78, 5) is 4.39. The largest absolute Gasteiger partial charge is 0.477 e. The zero-order chi connectivity index (χ0) is 14.3. The van der Waals surface area contributed by atoms with Crippen LogP contribution in [0.25, 0.3) is 10.2 Å². The SMILES string of the molecule is Cc1nc2cc(O[C@@H]3SC[C@@H](O)[C@H](O)[C@H]3O)ccc2s1. The molecule has 0 saturated carbocycles. The van der Waals surface area contributed by atoms with Gasteiger partial charge in [0.05, 0.1) is 21.3 Å². The van der Waals surface area contributed by atoms with E-state index in [-0.39, 0.29) is 0 Å². The number of hydrogen-bond donors (Lipinski definition) is 3. The van der Waals surface area contributed by atoms with Gasteiger partial charge in [0.2, 0.25) is 0 Å². The standard InChI is InChI=1S/C13H15NO4S2/c1-6-14-8-4-7(2-3-10(8)20-6)18-13-12(17)11(16)9(15)5-19-13/h2-4,9,11-13,15-17H,5H2,1H3/t9-,11+,12-,13-/m1/s1. The van der Waals surface area contributed by atoms with Gasteiger partial charge in [0.1, 0.15) is 18.0 Å². The fourth-order valence-corrected chi connectivity index (χ4v) is 4.04. The zero-order valence-electron chi connectivity index (χ0n) is 10.8. The van der Waals surface area contributed by atoms with Gasteiger partial charge in [0.15, 0.2) is 5.44 Å². The second kappa shape index (κ2) is 5.50. The fourth-order valence-electron chi connectivity index (χ4n) is 2.11. The average Bonchev–Trinajstić information content (AvgIpc) is 2.79. The molecule has 2 aromatic rings. The number of rotatable bonds is 2. The molecule has 0 amide bonds. The Morgan fingerprint density at radius 2 is 2.05 bits per heavy atom. The summed E-state index contributed by atoms with van der Waals surface area (Å²) >= 11 is 2.90. The van der Waals surface area contributed by atoms with Gasteiger partial charge >= 0.3 is 0 Å². The number of fused-ring (bicyclic) bond motifs is 1. The van der Waals surface area contributed by atoms with Gasteiger partial charge in [-0.2, -0.15) is 0 Å². The number of aliphatic hydroxyl groups excluding tert-OH is 3. The monoisotopic (exact) mass is 313 g/mol. The first-order chi connectivity index (χ1) is 9.54. The van der Waals surface area contributed by atoms with Gasteiger partial charge in [-0.3, -0.25) is 0 Å². The normalized spacial score (nSPS) is 30.6. The van der Waals surface area contributed by atoms with E-state index in [4.69, 9.17) is 4.74 Å². The van der Waals surface area contributed by atoms with Crippen molar-refractivity contribution in [2.45, 2.75) is 30.7 Å². The highest BCUT2D eigenvalue weighted by Gasteiger charge is 2.38. The Balaban J connectivity index is 1.78. The van der Waals surface area contributed by atoms with Crippen LogP contribution in [0.3, 0.4) is 0 Å². The summed E-state index contributed by atoms with van der Waals surface area (Å²) in [6, 6.07) is 5.58. The average molecular weight is 313 g/mol. The van der Waals surface area contributed by atoms with E-state index >= 15 is 0 Å². The Bertz CT molecular complexity index is 617. The predicted molar refractivity (Wildman–Crippen MR) is 79.3 cm³/mol. The molecule has 0 bridgehead atoms. The maximum absolute atomic E-state index is 9.92. The molecule has 1 fully saturated rings. The van der Waals surface area contributed by atoms with Gasteiger partial charge < -0.3 is 20.1 Å². The van der Waals surface area contributed by atoms with E-state index in [1.165, 1.54) is 11.8 Å². The number of benzene rings is 1. The Morgan fingerprint density at radius 1 is 1.25 bits per heavy atom. The smallest absolute Gasteiger partial charge is 0.173 e. The summed E-state index contributed by atoms with van der Waals surface area (Å²) in [7, 11) is 0. The zero-order valence-corrected chi connectivity index (χ0v) is 12.4. The van der Waals surface area contributed by atoms with Gasteiger partial charge in [-0.05, 0) is 19.1 Å². The molecule has 1 saturated heterocycles. The van der Waals surface area contributed by atoms with Gasteiger partial charge in [-0.25, -0.2) is 4.98 Å². The Labute approximate surface area is 124 Å². The first-order valence-electron chi connectivity index (χ1n) is 6.24. The molecule has 4 atom stereocenters. The van der Waals surface area contributed by atoms with Crippen LogP contribution in [0, 0.1) is 6.92 Å². The third-order valence-electron chi connectivity index (χ3n) is 3.17. The molecule has 1 aliphatic heterocycles. The van der Waals surface area contributed by atoms with Crippen LogP contribution in [0.1, 0.15) is 5.01 Å². The Kier molecular flexibility index (Phi) is 3.87. The number of aryl methyl sites for hydroxylation is 1. The van der Waals surface area contributed by atoms with Crippen LogP contribution in [-0.4, -0.2) is 49.8 Å². The topological polar surface area (TPSA) is 82.8 Å². The summed E-state index contributed by atoms with van der Waals surface area (Å²) < 4.78 is 6.80. The van der Waals surface area contributed by atoms with Gasteiger partial charge in [0.25, 0.3) is 0 Å². The lowest BCUT2D eigenvalue weighted by Gasteiger charge is -2.34. The maximum atomic E-state index is 9.92. The summed E-state index contributed by atoms with van der Waals surface area (Å²) in [5.41, 5.74) is 0.270. The number of aromatic nitrogens is 1. The van der Waals surface area contributed by atoms with Crippen LogP contribution in [0.15, 0.2) is 18.2 Å². The molecular weight excluding hydrogens is 298 g/mol. The van der Waals surface area contributed by atoms with Crippen LogP contribution < -0.4 is 4.74 Å². The van der Waals surface area contributed by atoms with Crippen LogP contribution in [0.5, 0.6) is 5.75 Å². The van der Waals surface area contributed by atoms with E-state index in [0.717, 1.165) is 15.2 Å². The second-order valence-corrected chi connectivity index (χ2v) is 7.10. The number of nitrogens with zero attached hydrogens (tertiary/aromatic N) is 1. The van der Waals surface area contributed by atoms with Crippen LogP contribution in [0.4, 0.5) is 0 Å². The van der Waals surface area contributed by atoms with Crippen molar-refractivity contribution >= 4 is 33.3 Å². The highest BCUT2D eigenvalue weighted by atomic mass is 32.2. The maximum Gasteiger partial charge on any atom is 0.173 e. The van der Waals surface area contributed by atoms with E-state index in [0.29, 0.717) is 11.5 Å². The molecule has 7 heteroatoms. The third kappa shape index (κ3) is 2.64. The van der Waals surface area contributed by atoms with Crippen molar-refractivity contribution in [1.29, 1.82) is 0 Å². The lowest BCUT2D eigenvalue weighted by Crippen LogP contribution is -2.50. The van der Waals surface area contributed by atoms with E-state index < -0.39 is 23.7 Å². The summed E-state index contributed by atoms with van der Waals surface area (Å²) in [5.74, 6) is 0.934. The van der Waals surface area contributed by atoms with E-state index in [1.54, 1.807) is 11.3 Å². The molecule has 0 aliphatic carbocycles. The molecule has 0 unspecified atom stereocenters. The molecule has 3 rings (SSSR count). The first-order valence-corrected chi connectivity index (χ1v) is 8.11. The molecule has 1 aromatic heterocycles. The highest BCUT2D eigenvalue weighted by Crippen LogP contribution is 2.31. The van der Waals surface area contributed by atoms with Crippen LogP contribution in [-0.2, 0) is 0 Å². The van der Waals surface area contributed by atoms with E-state index in [2.05, 4.69) is 4.98 Å². The lowest BCUT2D eigenvalue weighted by atomic mass is 10.1. The van der Waals surface area contributed by atoms with Crippen molar-refractivity contribution in [3.8, 4) is 5.75 Å². The molecule has 20 heavy (non-hydrogen) atoms. The number of thioether (sulfide) groups is 1. The molecular formula is C13H15NO4S2. The van der Waals surface area contributed by atoms with Crippen molar-refractivity contribution in [2.75, 3.05) is 5.75 Å².